The van der Waals surface area contributed by atoms with Crippen molar-refractivity contribution in [3.63, 3.8) is 0 Å². The molecule has 0 bridgehead atoms. The van der Waals surface area contributed by atoms with E-state index in [1.54, 1.807) is 18.6 Å². The number of H-pyrrole nitrogens is 1. The van der Waals surface area contributed by atoms with Crippen LogP contribution in [0.25, 0.3) is 10.9 Å². The fourth-order valence-electron chi connectivity index (χ4n) is 2.38. The molecule has 0 unspecified atom stereocenters. The lowest BCUT2D eigenvalue weighted by Crippen LogP contribution is -2.42. The monoisotopic (exact) mass is 244 g/mol. The summed E-state index contributed by atoms with van der Waals surface area (Å²) in [6.07, 6.45) is 7.18. The van der Waals surface area contributed by atoms with E-state index in [0.29, 0.717) is 5.56 Å². The van der Waals surface area contributed by atoms with Crippen molar-refractivity contribution in [1.29, 1.82) is 0 Å². The van der Waals surface area contributed by atoms with Crippen LogP contribution in [0.2, 0.25) is 0 Å². The molecular weight excluding hydrogens is 228 g/mol. The second kappa shape index (κ2) is 4.78. The lowest BCUT2D eigenvalue weighted by Gasteiger charge is -2.23. The Labute approximate surface area is 105 Å². The summed E-state index contributed by atoms with van der Waals surface area (Å²) < 4.78 is 0. The van der Waals surface area contributed by atoms with Crippen LogP contribution in [0.15, 0.2) is 24.7 Å². The summed E-state index contributed by atoms with van der Waals surface area (Å²) in [7, 11) is 0. The van der Waals surface area contributed by atoms with Gasteiger partial charge in [-0.3, -0.25) is 9.78 Å². The second-order valence-electron chi connectivity index (χ2n) is 4.62. The zero-order valence-electron chi connectivity index (χ0n) is 10.1. The van der Waals surface area contributed by atoms with E-state index in [2.05, 4.69) is 20.6 Å². The van der Waals surface area contributed by atoms with Gasteiger partial charge >= 0.3 is 0 Å². The first kappa shape index (κ1) is 11.2. The average Bonchev–Trinajstić information content (AvgIpc) is 2.84. The third-order valence-corrected chi connectivity index (χ3v) is 3.40. The predicted octanol–water partition coefficient (Wildman–Crippen LogP) is 1.04. The molecule has 3 heterocycles. The Kier molecular flexibility index (Phi) is 2.98. The summed E-state index contributed by atoms with van der Waals surface area (Å²) >= 11 is 0. The molecule has 1 fully saturated rings. The number of fused-ring (bicyclic) bond motifs is 1. The smallest absolute Gasteiger partial charge is 0.253 e. The van der Waals surface area contributed by atoms with Crippen molar-refractivity contribution in [3.05, 3.63) is 30.2 Å². The van der Waals surface area contributed by atoms with Gasteiger partial charge in [0.05, 0.1) is 5.56 Å². The molecule has 1 amide bonds. The van der Waals surface area contributed by atoms with Crippen LogP contribution in [-0.2, 0) is 0 Å². The number of aromatic amines is 1. The van der Waals surface area contributed by atoms with E-state index in [9.17, 15) is 4.79 Å². The van der Waals surface area contributed by atoms with Crippen LogP contribution in [0, 0.1) is 0 Å². The molecule has 1 aliphatic heterocycles. The molecule has 0 radical (unpaired) electrons. The van der Waals surface area contributed by atoms with Crippen LogP contribution in [0.3, 0.4) is 0 Å². The standard InChI is InChI=1S/C13H16N4O/c18-13(17-9-1-4-14-5-2-9)11-8-16-12-3-6-15-7-10(11)12/h3,6-9,14,16H,1-2,4-5H2,(H,17,18). The molecule has 5 heteroatoms. The van der Waals surface area contributed by atoms with Crippen molar-refractivity contribution in [1.82, 2.24) is 20.6 Å². The summed E-state index contributed by atoms with van der Waals surface area (Å²) in [4.78, 5) is 19.4. The van der Waals surface area contributed by atoms with E-state index in [0.717, 1.165) is 36.8 Å². The quantitative estimate of drug-likeness (QED) is 0.739. The molecule has 94 valence electrons. The van der Waals surface area contributed by atoms with Crippen LogP contribution >= 0.6 is 0 Å². The second-order valence-corrected chi connectivity index (χ2v) is 4.62. The summed E-state index contributed by atoms with van der Waals surface area (Å²) in [5.74, 6) is -0.0128. The number of nitrogens with zero attached hydrogens (tertiary/aromatic N) is 1. The van der Waals surface area contributed by atoms with Crippen LogP contribution in [0.4, 0.5) is 0 Å². The summed E-state index contributed by atoms with van der Waals surface area (Å²) in [6.45, 7) is 1.95. The molecule has 5 nitrogen and oxygen atoms in total. The predicted molar refractivity (Wildman–Crippen MR) is 69.5 cm³/mol. The van der Waals surface area contributed by atoms with Gasteiger partial charge in [0.2, 0.25) is 0 Å². The van der Waals surface area contributed by atoms with Gasteiger partial charge in [0.1, 0.15) is 0 Å². The number of hydrogen-bond donors (Lipinski definition) is 3. The number of aromatic nitrogens is 2. The van der Waals surface area contributed by atoms with Gasteiger partial charge in [-0.05, 0) is 32.0 Å². The van der Waals surface area contributed by atoms with Gasteiger partial charge in [0, 0.05) is 35.5 Å². The number of amides is 1. The molecule has 18 heavy (non-hydrogen) atoms. The first-order valence-electron chi connectivity index (χ1n) is 6.27. The number of rotatable bonds is 2. The van der Waals surface area contributed by atoms with E-state index in [4.69, 9.17) is 0 Å². The topological polar surface area (TPSA) is 69.8 Å². The third-order valence-electron chi connectivity index (χ3n) is 3.40. The molecule has 2 aromatic rings. The molecule has 1 saturated heterocycles. The molecule has 0 spiro atoms. The lowest BCUT2D eigenvalue weighted by molar-refractivity contribution is 0.0931. The summed E-state index contributed by atoms with van der Waals surface area (Å²) in [5.41, 5.74) is 1.62. The first-order chi connectivity index (χ1) is 8.84. The van der Waals surface area contributed by atoms with Crippen LogP contribution in [0.1, 0.15) is 23.2 Å². The Hall–Kier alpha value is -1.88. The minimum Gasteiger partial charge on any atom is -0.360 e. The molecule has 0 aliphatic carbocycles. The summed E-state index contributed by atoms with van der Waals surface area (Å²) in [6, 6.07) is 2.15. The largest absolute Gasteiger partial charge is 0.360 e. The van der Waals surface area contributed by atoms with E-state index >= 15 is 0 Å². The van der Waals surface area contributed by atoms with Gasteiger partial charge in [0.25, 0.3) is 5.91 Å². The minimum absolute atomic E-state index is 0.0128. The van der Waals surface area contributed by atoms with Crippen molar-refractivity contribution in [2.24, 2.45) is 0 Å². The fourth-order valence-corrected chi connectivity index (χ4v) is 2.38. The molecular formula is C13H16N4O. The third kappa shape index (κ3) is 2.09. The minimum atomic E-state index is -0.0128. The lowest BCUT2D eigenvalue weighted by atomic mass is 10.1. The Balaban J connectivity index is 1.79. The highest BCUT2D eigenvalue weighted by molar-refractivity contribution is 6.06. The van der Waals surface area contributed by atoms with E-state index in [-0.39, 0.29) is 11.9 Å². The van der Waals surface area contributed by atoms with E-state index < -0.39 is 0 Å². The maximum atomic E-state index is 12.2. The summed E-state index contributed by atoms with van der Waals surface area (Å²) in [5, 5.41) is 7.25. The van der Waals surface area contributed by atoms with Crippen LogP contribution < -0.4 is 10.6 Å². The van der Waals surface area contributed by atoms with Gasteiger partial charge in [0.15, 0.2) is 0 Å². The van der Waals surface area contributed by atoms with E-state index in [1.807, 2.05) is 6.07 Å². The Morgan fingerprint density at radius 2 is 2.22 bits per heavy atom. The number of piperidine rings is 1. The maximum absolute atomic E-state index is 12.2. The van der Waals surface area contributed by atoms with Gasteiger partial charge < -0.3 is 15.6 Å². The number of carbonyl (C=O) groups excluding carboxylic acids is 1. The molecule has 3 rings (SSSR count). The van der Waals surface area contributed by atoms with E-state index in [1.165, 1.54) is 0 Å². The normalized spacial score (nSPS) is 16.9. The maximum Gasteiger partial charge on any atom is 0.253 e. The number of nitrogens with one attached hydrogen (secondary N) is 3. The van der Waals surface area contributed by atoms with Crippen molar-refractivity contribution in [3.8, 4) is 0 Å². The SMILES string of the molecule is O=C(NC1CCNCC1)c1c[nH]c2ccncc12. The molecule has 2 aromatic heterocycles. The molecule has 1 aliphatic rings. The van der Waals surface area contributed by atoms with Crippen molar-refractivity contribution >= 4 is 16.8 Å². The molecule has 3 N–H and O–H groups in total. The fraction of sp³-hybridized carbons (Fsp3) is 0.385. The number of carbonyl (C=O) groups is 1. The molecule has 0 aromatic carbocycles. The highest BCUT2D eigenvalue weighted by atomic mass is 16.1. The van der Waals surface area contributed by atoms with Crippen molar-refractivity contribution in [2.75, 3.05) is 13.1 Å². The number of hydrogen-bond acceptors (Lipinski definition) is 3. The molecule has 0 atom stereocenters. The number of pyridine rings is 1. The zero-order valence-corrected chi connectivity index (χ0v) is 10.1. The van der Waals surface area contributed by atoms with Crippen molar-refractivity contribution in [2.45, 2.75) is 18.9 Å². The Bertz CT molecular complexity index is 557. The zero-order chi connectivity index (χ0) is 12.4. The van der Waals surface area contributed by atoms with Crippen LogP contribution in [0.5, 0.6) is 0 Å². The van der Waals surface area contributed by atoms with Gasteiger partial charge in [-0.25, -0.2) is 0 Å². The van der Waals surface area contributed by atoms with Crippen LogP contribution in [-0.4, -0.2) is 35.0 Å². The average molecular weight is 244 g/mol. The highest BCUT2D eigenvalue weighted by Gasteiger charge is 2.18. The van der Waals surface area contributed by atoms with Gasteiger partial charge in [-0.2, -0.15) is 0 Å². The highest BCUT2D eigenvalue weighted by Crippen LogP contribution is 2.16. The Morgan fingerprint density at radius 3 is 3.06 bits per heavy atom. The van der Waals surface area contributed by atoms with Gasteiger partial charge in [-0.1, -0.05) is 0 Å². The first-order valence-corrected chi connectivity index (χ1v) is 6.27. The van der Waals surface area contributed by atoms with Crippen molar-refractivity contribution < 1.29 is 4.79 Å². The van der Waals surface area contributed by atoms with Gasteiger partial charge in [-0.15, -0.1) is 0 Å². The molecule has 0 saturated carbocycles. The Morgan fingerprint density at radius 1 is 1.39 bits per heavy atom.